The van der Waals surface area contributed by atoms with Gasteiger partial charge in [0.25, 0.3) is 5.91 Å². The molecule has 0 N–H and O–H groups in total. The molecule has 2 aromatic carbocycles. The molecular formula is C21H17F3N2O3S. The van der Waals surface area contributed by atoms with E-state index in [0.29, 0.717) is 39.2 Å². The zero-order valence-electron chi connectivity index (χ0n) is 16.1. The first-order valence-corrected chi connectivity index (χ1v) is 9.83. The van der Waals surface area contributed by atoms with Crippen molar-refractivity contribution in [2.75, 3.05) is 13.8 Å². The van der Waals surface area contributed by atoms with Crippen LogP contribution in [0.15, 0.2) is 42.5 Å². The van der Waals surface area contributed by atoms with Crippen molar-refractivity contribution < 1.29 is 27.4 Å². The molecule has 0 radical (unpaired) electrons. The molecule has 0 spiro atoms. The van der Waals surface area contributed by atoms with Gasteiger partial charge in [-0.2, -0.15) is 13.2 Å². The van der Waals surface area contributed by atoms with Crippen LogP contribution in [0.1, 0.15) is 26.5 Å². The van der Waals surface area contributed by atoms with E-state index in [0.717, 1.165) is 29.0 Å². The Balaban J connectivity index is 1.51. The lowest BCUT2D eigenvalue weighted by Crippen LogP contribution is -2.26. The van der Waals surface area contributed by atoms with E-state index in [-0.39, 0.29) is 12.7 Å². The van der Waals surface area contributed by atoms with Crippen molar-refractivity contribution in [3.05, 3.63) is 64.2 Å². The fourth-order valence-electron chi connectivity index (χ4n) is 3.08. The van der Waals surface area contributed by atoms with Crippen LogP contribution in [0.2, 0.25) is 0 Å². The number of fused-ring (bicyclic) bond motifs is 1. The normalized spacial score (nSPS) is 12.8. The Morgan fingerprint density at radius 3 is 2.53 bits per heavy atom. The first kappa shape index (κ1) is 20.2. The summed E-state index contributed by atoms with van der Waals surface area (Å²) in [7, 11) is 1.68. The predicted molar refractivity (Wildman–Crippen MR) is 106 cm³/mol. The number of aromatic nitrogens is 1. The van der Waals surface area contributed by atoms with Crippen molar-refractivity contribution in [2.45, 2.75) is 19.6 Å². The van der Waals surface area contributed by atoms with Crippen LogP contribution in [0.3, 0.4) is 0 Å². The van der Waals surface area contributed by atoms with Gasteiger partial charge < -0.3 is 14.4 Å². The van der Waals surface area contributed by atoms with Crippen molar-refractivity contribution in [1.82, 2.24) is 9.88 Å². The zero-order valence-corrected chi connectivity index (χ0v) is 16.9. The summed E-state index contributed by atoms with van der Waals surface area (Å²) >= 11 is 1.16. The van der Waals surface area contributed by atoms with Crippen molar-refractivity contribution in [1.29, 1.82) is 0 Å². The molecule has 0 saturated heterocycles. The lowest BCUT2D eigenvalue weighted by molar-refractivity contribution is -0.137. The molecule has 0 atom stereocenters. The highest BCUT2D eigenvalue weighted by atomic mass is 32.1. The topological polar surface area (TPSA) is 51.7 Å². The molecule has 30 heavy (non-hydrogen) atoms. The average Bonchev–Trinajstić information content (AvgIpc) is 3.33. The molecule has 9 heteroatoms. The number of thiazole rings is 1. The highest BCUT2D eigenvalue weighted by Crippen LogP contribution is 2.34. The van der Waals surface area contributed by atoms with E-state index < -0.39 is 11.7 Å². The predicted octanol–water partition coefficient (Wildman–Crippen LogP) is 5.14. The highest BCUT2D eigenvalue weighted by molar-refractivity contribution is 7.17. The van der Waals surface area contributed by atoms with Crippen LogP contribution in [-0.2, 0) is 12.7 Å². The van der Waals surface area contributed by atoms with Crippen molar-refractivity contribution in [3.8, 4) is 22.1 Å². The molecule has 2 heterocycles. The quantitative estimate of drug-likeness (QED) is 0.571. The summed E-state index contributed by atoms with van der Waals surface area (Å²) in [6.07, 6.45) is -4.39. The smallest absolute Gasteiger partial charge is 0.416 e. The van der Waals surface area contributed by atoms with E-state index in [2.05, 4.69) is 4.98 Å². The van der Waals surface area contributed by atoms with Crippen LogP contribution in [-0.4, -0.2) is 29.6 Å². The molecule has 3 aromatic rings. The van der Waals surface area contributed by atoms with Gasteiger partial charge in [-0.3, -0.25) is 4.79 Å². The average molecular weight is 434 g/mol. The molecule has 0 unspecified atom stereocenters. The van der Waals surface area contributed by atoms with E-state index in [1.165, 1.54) is 12.1 Å². The first-order chi connectivity index (χ1) is 14.2. The number of amides is 1. The maximum Gasteiger partial charge on any atom is 0.416 e. The lowest BCUT2D eigenvalue weighted by Gasteiger charge is -2.16. The third-order valence-corrected chi connectivity index (χ3v) is 5.85. The van der Waals surface area contributed by atoms with Gasteiger partial charge in [-0.05, 0) is 36.8 Å². The molecule has 0 saturated carbocycles. The molecule has 4 rings (SSSR count). The number of rotatable bonds is 4. The van der Waals surface area contributed by atoms with Gasteiger partial charge in [-0.1, -0.05) is 18.2 Å². The number of nitrogens with zero attached hydrogens (tertiary/aromatic N) is 2. The molecule has 1 aromatic heterocycles. The molecule has 1 aliphatic rings. The second-order valence-electron chi connectivity index (χ2n) is 6.86. The molecule has 1 amide bonds. The minimum absolute atomic E-state index is 0.181. The summed E-state index contributed by atoms with van der Waals surface area (Å²) in [5.41, 5.74) is 1.24. The van der Waals surface area contributed by atoms with E-state index in [9.17, 15) is 18.0 Å². The van der Waals surface area contributed by atoms with E-state index in [1.807, 2.05) is 12.1 Å². The Morgan fingerprint density at radius 1 is 1.13 bits per heavy atom. The van der Waals surface area contributed by atoms with Crippen LogP contribution < -0.4 is 9.47 Å². The second-order valence-corrected chi connectivity index (χ2v) is 7.86. The van der Waals surface area contributed by atoms with Gasteiger partial charge in [0.2, 0.25) is 6.79 Å². The van der Waals surface area contributed by atoms with Gasteiger partial charge in [-0.15, -0.1) is 11.3 Å². The Morgan fingerprint density at radius 2 is 1.83 bits per heavy atom. The van der Waals surface area contributed by atoms with Crippen LogP contribution in [0.25, 0.3) is 10.6 Å². The molecule has 0 aliphatic carbocycles. The molecule has 156 valence electrons. The molecule has 0 fully saturated rings. The second kappa shape index (κ2) is 7.64. The first-order valence-electron chi connectivity index (χ1n) is 9.01. The van der Waals surface area contributed by atoms with Crippen LogP contribution >= 0.6 is 11.3 Å². The van der Waals surface area contributed by atoms with Crippen LogP contribution in [0.4, 0.5) is 13.2 Å². The molecule has 0 bridgehead atoms. The fourth-order valence-corrected chi connectivity index (χ4v) is 4.14. The van der Waals surface area contributed by atoms with Gasteiger partial charge in [-0.25, -0.2) is 4.98 Å². The molecule has 5 nitrogen and oxygen atoms in total. The summed E-state index contributed by atoms with van der Waals surface area (Å²) in [5, 5.41) is 0.501. The Hall–Kier alpha value is -3.07. The number of hydrogen-bond donors (Lipinski definition) is 0. The number of carbonyl (C=O) groups is 1. The number of halogens is 3. The van der Waals surface area contributed by atoms with E-state index in [1.54, 1.807) is 24.9 Å². The number of hydrogen-bond acceptors (Lipinski definition) is 5. The number of benzene rings is 2. The third kappa shape index (κ3) is 3.97. The highest BCUT2D eigenvalue weighted by Gasteiger charge is 2.30. The Kier molecular flexibility index (Phi) is 5.15. The van der Waals surface area contributed by atoms with Crippen molar-refractivity contribution in [3.63, 3.8) is 0 Å². The Labute approximate surface area is 174 Å². The largest absolute Gasteiger partial charge is 0.454 e. The Bertz CT molecular complexity index is 1090. The third-order valence-electron chi connectivity index (χ3n) is 4.65. The number of carbonyl (C=O) groups excluding carboxylic acids is 1. The van der Waals surface area contributed by atoms with Crippen molar-refractivity contribution >= 4 is 17.2 Å². The SMILES string of the molecule is Cc1nc(-c2ccc(C(F)(F)F)cc2)sc1C(=O)N(C)Cc1ccc2c(c1)OCO2. The summed E-state index contributed by atoms with van der Waals surface area (Å²) < 4.78 is 48.9. The van der Waals surface area contributed by atoms with Gasteiger partial charge in [0.05, 0.1) is 11.3 Å². The number of aryl methyl sites for hydroxylation is 1. The molecular weight excluding hydrogens is 417 g/mol. The van der Waals surface area contributed by atoms with E-state index in [4.69, 9.17) is 9.47 Å². The summed E-state index contributed by atoms with van der Waals surface area (Å²) in [6, 6.07) is 10.3. The maximum absolute atomic E-state index is 12.9. The monoisotopic (exact) mass is 434 g/mol. The van der Waals surface area contributed by atoms with Crippen LogP contribution in [0, 0.1) is 6.92 Å². The van der Waals surface area contributed by atoms with Gasteiger partial charge in [0.15, 0.2) is 11.5 Å². The summed E-state index contributed by atoms with van der Waals surface area (Å²) in [4.78, 5) is 19.3. The maximum atomic E-state index is 12.9. The standard InChI is InChI=1S/C21H17F3N2O3S/c1-12-18(30-19(25-12)14-4-6-15(7-5-14)21(22,23)24)20(27)26(2)10-13-3-8-16-17(9-13)29-11-28-16/h3-9H,10-11H2,1-2H3. The lowest BCUT2D eigenvalue weighted by atomic mass is 10.1. The van der Waals surface area contributed by atoms with Gasteiger partial charge in [0, 0.05) is 19.2 Å². The minimum Gasteiger partial charge on any atom is -0.454 e. The summed E-state index contributed by atoms with van der Waals surface area (Å²) in [5.74, 6) is 1.11. The van der Waals surface area contributed by atoms with Gasteiger partial charge in [0.1, 0.15) is 9.88 Å². The fraction of sp³-hybridized carbons (Fsp3) is 0.238. The molecule has 1 aliphatic heterocycles. The zero-order chi connectivity index (χ0) is 21.5. The number of alkyl halides is 3. The van der Waals surface area contributed by atoms with E-state index >= 15 is 0 Å². The minimum atomic E-state index is -4.39. The van der Waals surface area contributed by atoms with Crippen molar-refractivity contribution in [2.24, 2.45) is 0 Å². The van der Waals surface area contributed by atoms with Gasteiger partial charge >= 0.3 is 6.18 Å². The number of ether oxygens (including phenoxy) is 2. The summed E-state index contributed by atoms with van der Waals surface area (Å²) in [6.45, 7) is 2.26. The van der Waals surface area contributed by atoms with Crippen LogP contribution in [0.5, 0.6) is 11.5 Å².